The standard InChI is InChI=1S/C25H32N2/c1-17-11-5-9-15-22(17)26-18(2)24-25(4,20-12-6-7-13-20)21-14-8-10-16-23(21)27(24)19(26)3/h5,8-11,14-16,18-20,24H,6-7,12-13H2,1-4H3/t18-,19?,24?,25?/m0/s1. The van der Waals surface area contributed by atoms with Crippen LogP contribution < -0.4 is 9.80 Å². The van der Waals surface area contributed by atoms with Crippen LogP contribution in [0.25, 0.3) is 0 Å². The predicted octanol–water partition coefficient (Wildman–Crippen LogP) is 5.89. The Morgan fingerprint density at radius 3 is 2.19 bits per heavy atom. The van der Waals surface area contributed by atoms with Crippen LogP contribution in [0.3, 0.4) is 0 Å². The van der Waals surface area contributed by atoms with Crippen molar-refractivity contribution in [2.45, 2.75) is 77.0 Å². The minimum absolute atomic E-state index is 0.248. The molecule has 2 aromatic carbocycles. The normalized spacial score (nSPS) is 32.8. The molecule has 5 rings (SSSR count). The summed E-state index contributed by atoms with van der Waals surface area (Å²) in [6.07, 6.45) is 5.97. The number of hydrogen-bond donors (Lipinski definition) is 0. The molecule has 0 N–H and O–H groups in total. The van der Waals surface area contributed by atoms with Gasteiger partial charge in [-0.2, -0.15) is 0 Å². The smallest absolute Gasteiger partial charge is 0.0994 e. The zero-order valence-electron chi connectivity index (χ0n) is 17.2. The van der Waals surface area contributed by atoms with Gasteiger partial charge in [-0.3, -0.25) is 0 Å². The summed E-state index contributed by atoms with van der Waals surface area (Å²) < 4.78 is 0. The van der Waals surface area contributed by atoms with Gasteiger partial charge in [0.05, 0.1) is 12.2 Å². The predicted molar refractivity (Wildman–Crippen MR) is 115 cm³/mol. The molecule has 0 spiro atoms. The summed E-state index contributed by atoms with van der Waals surface area (Å²) in [6.45, 7) is 9.70. The van der Waals surface area contributed by atoms with Gasteiger partial charge in [-0.25, -0.2) is 0 Å². The van der Waals surface area contributed by atoms with Gasteiger partial charge in [-0.05, 0) is 62.8 Å². The van der Waals surface area contributed by atoms with E-state index in [9.17, 15) is 0 Å². The molecular weight excluding hydrogens is 328 g/mol. The van der Waals surface area contributed by atoms with E-state index in [0.29, 0.717) is 18.2 Å². The molecule has 2 heterocycles. The lowest BCUT2D eigenvalue weighted by molar-refractivity contribution is 0.251. The Morgan fingerprint density at radius 2 is 1.48 bits per heavy atom. The second-order valence-corrected chi connectivity index (χ2v) is 9.20. The number of rotatable bonds is 2. The molecule has 0 radical (unpaired) electrons. The fourth-order valence-corrected chi connectivity index (χ4v) is 6.81. The van der Waals surface area contributed by atoms with Crippen LogP contribution in [-0.4, -0.2) is 18.2 Å². The summed E-state index contributed by atoms with van der Waals surface area (Å²) in [7, 11) is 0. The minimum Gasteiger partial charge on any atom is -0.346 e. The third kappa shape index (κ3) is 2.19. The average Bonchev–Trinajstić information content (AvgIpc) is 3.35. The molecule has 2 heteroatoms. The summed E-state index contributed by atoms with van der Waals surface area (Å²) in [5.41, 5.74) is 6.11. The van der Waals surface area contributed by atoms with Crippen molar-refractivity contribution in [3.05, 3.63) is 59.7 Å². The van der Waals surface area contributed by atoms with Crippen molar-refractivity contribution >= 4 is 11.4 Å². The molecule has 3 aliphatic rings. The Labute approximate surface area is 164 Å². The van der Waals surface area contributed by atoms with Gasteiger partial charge in [-0.15, -0.1) is 0 Å². The Morgan fingerprint density at radius 1 is 0.852 bits per heavy atom. The average molecular weight is 361 g/mol. The molecule has 4 atom stereocenters. The van der Waals surface area contributed by atoms with Gasteiger partial charge in [-0.1, -0.05) is 56.2 Å². The van der Waals surface area contributed by atoms with Crippen molar-refractivity contribution in [2.75, 3.05) is 9.80 Å². The lowest BCUT2D eigenvalue weighted by atomic mass is 9.66. The van der Waals surface area contributed by atoms with E-state index in [0.717, 1.165) is 5.92 Å². The molecule has 1 saturated carbocycles. The van der Waals surface area contributed by atoms with Gasteiger partial charge in [0.25, 0.3) is 0 Å². The number of hydrogen-bond acceptors (Lipinski definition) is 2. The number of anilines is 2. The molecule has 2 nitrogen and oxygen atoms in total. The highest BCUT2D eigenvalue weighted by atomic mass is 15.5. The number of benzene rings is 2. The molecule has 1 aliphatic carbocycles. The van der Waals surface area contributed by atoms with Crippen molar-refractivity contribution in [1.29, 1.82) is 0 Å². The van der Waals surface area contributed by atoms with Crippen molar-refractivity contribution in [3.63, 3.8) is 0 Å². The summed E-state index contributed by atoms with van der Waals surface area (Å²) in [5, 5.41) is 0. The van der Waals surface area contributed by atoms with E-state index in [1.807, 2.05) is 0 Å². The van der Waals surface area contributed by atoms with Crippen LogP contribution >= 0.6 is 0 Å². The summed E-state index contributed by atoms with van der Waals surface area (Å²) in [5.74, 6) is 0.806. The second kappa shape index (κ2) is 6.02. The van der Waals surface area contributed by atoms with E-state index >= 15 is 0 Å². The first-order valence-corrected chi connectivity index (χ1v) is 10.8. The van der Waals surface area contributed by atoms with Gasteiger partial charge >= 0.3 is 0 Å². The van der Waals surface area contributed by atoms with E-state index in [1.165, 1.54) is 42.6 Å². The first-order valence-electron chi connectivity index (χ1n) is 10.8. The molecule has 2 aliphatic heterocycles. The van der Waals surface area contributed by atoms with Gasteiger partial charge in [0.2, 0.25) is 0 Å². The highest BCUT2D eigenvalue weighted by Crippen LogP contribution is 2.58. The number of para-hydroxylation sites is 2. The SMILES string of the molecule is Cc1ccccc1N1C(C)N2c3ccccc3C(C)(C3CCCC3)C2[C@@H]1C. The third-order valence-electron chi connectivity index (χ3n) is 7.97. The van der Waals surface area contributed by atoms with Crippen LogP contribution in [0.4, 0.5) is 11.4 Å². The fraction of sp³-hybridized carbons (Fsp3) is 0.520. The first-order chi connectivity index (χ1) is 13.0. The molecule has 3 unspecified atom stereocenters. The van der Waals surface area contributed by atoms with E-state index in [2.05, 4.69) is 86.0 Å². The molecule has 2 aromatic rings. The van der Waals surface area contributed by atoms with Crippen LogP contribution in [0.15, 0.2) is 48.5 Å². The topological polar surface area (TPSA) is 6.48 Å². The Kier molecular flexibility index (Phi) is 3.83. The van der Waals surface area contributed by atoms with Gasteiger partial charge in [0, 0.05) is 22.8 Å². The number of fused-ring (bicyclic) bond motifs is 3. The van der Waals surface area contributed by atoms with Crippen molar-refractivity contribution < 1.29 is 0 Å². The first kappa shape index (κ1) is 17.2. The van der Waals surface area contributed by atoms with Crippen LogP contribution in [0, 0.1) is 12.8 Å². The highest BCUT2D eigenvalue weighted by Gasteiger charge is 2.60. The Bertz CT molecular complexity index is 853. The van der Waals surface area contributed by atoms with Crippen LogP contribution in [0.2, 0.25) is 0 Å². The van der Waals surface area contributed by atoms with E-state index in [1.54, 1.807) is 5.56 Å². The van der Waals surface area contributed by atoms with Gasteiger partial charge in [0.15, 0.2) is 0 Å². The maximum atomic E-state index is 2.75. The molecular formula is C25H32N2. The summed E-state index contributed by atoms with van der Waals surface area (Å²) in [6, 6.07) is 19.2. The van der Waals surface area contributed by atoms with Crippen molar-refractivity contribution in [2.24, 2.45) is 5.92 Å². The van der Waals surface area contributed by atoms with E-state index in [-0.39, 0.29) is 5.41 Å². The Hall–Kier alpha value is -1.96. The van der Waals surface area contributed by atoms with Gasteiger partial charge < -0.3 is 9.80 Å². The lowest BCUT2D eigenvalue weighted by Gasteiger charge is -2.41. The molecule has 142 valence electrons. The molecule has 0 aromatic heterocycles. The monoisotopic (exact) mass is 360 g/mol. The maximum Gasteiger partial charge on any atom is 0.0994 e. The van der Waals surface area contributed by atoms with Crippen molar-refractivity contribution in [1.82, 2.24) is 0 Å². The maximum absolute atomic E-state index is 2.75. The largest absolute Gasteiger partial charge is 0.346 e. The molecule has 0 amide bonds. The van der Waals surface area contributed by atoms with E-state index < -0.39 is 0 Å². The zero-order valence-corrected chi connectivity index (χ0v) is 17.2. The molecule has 2 fully saturated rings. The molecule has 1 saturated heterocycles. The van der Waals surface area contributed by atoms with Crippen LogP contribution in [0.1, 0.15) is 57.6 Å². The van der Waals surface area contributed by atoms with Crippen LogP contribution in [-0.2, 0) is 5.41 Å². The second-order valence-electron chi connectivity index (χ2n) is 9.20. The van der Waals surface area contributed by atoms with E-state index in [4.69, 9.17) is 0 Å². The lowest BCUT2D eigenvalue weighted by Crippen LogP contribution is -2.49. The highest BCUT2D eigenvalue weighted by molar-refractivity contribution is 5.71. The zero-order chi connectivity index (χ0) is 18.8. The van der Waals surface area contributed by atoms with Gasteiger partial charge in [0.1, 0.15) is 0 Å². The summed E-state index contributed by atoms with van der Waals surface area (Å²) in [4.78, 5) is 5.44. The summed E-state index contributed by atoms with van der Waals surface area (Å²) >= 11 is 0. The fourth-order valence-electron chi connectivity index (χ4n) is 6.81. The van der Waals surface area contributed by atoms with Crippen molar-refractivity contribution in [3.8, 4) is 0 Å². The quantitative estimate of drug-likeness (QED) is 0.659. The Balaban J connectivity index is 1.66. The minimum atomic E-state index is 0.248. The number of nitrogens with zero attached hydrogens (tertiary/aromatic N) is 2. The van der Waals surface area contributed by atoms with Crippen LogP contribution in [0.5, 0.6) is 0 Å². The molecule has 27 heavy (non-hydrogen) atoms. The third-order valence-corrected chi connectivity index (χ3v) is 7.97. The number of aryl methyl sites for hydroxylation is 1. The molecule has 0 bridgehead atoms.